The molecule has 4 saturated heterocycles. The molecule has 0 aromatic rings. The number of nitrogens with one attached hydrogen (secondary N) is 3. The van der Waals surface area contributed by atoms with Crippen LogP contribution in [-0.4, -0.2) is 93.2 Å². The van der Waals surface area contributed by atoms with Crippen LogP contribution in [0.2, 0.25) is 0 Å². The first-order valence-corrected chi connectivity index (χ1v) is 14.5. The van der Waals surface area contributed by atoms with Crippen molar-refractivity contribution in [3.8, 4) is 0 Å². The number of primary amides is 1. The summed E-state index contributed by atoms with van der Waals surface area (Å²) in [5.41, 5.74) is 8.96. The Hall–Kier alpha value is -0.810. The number of nitrogens with two attached hydrogens (primary N) is 2. The maximum Gasteiger partial charge on any atom is 0.220 e. The van der Waals surface area contributed by atoms with Crippen LogP contribution in [0, 0.1) is 17.8 Å². The lowest BCUT2D eigenvalue weighted by Crippen LogP contribution is -3.15. The minimum absolute atomic E-state index is 0.0674. The molecule has 5 aliphatic rings. The Balaban J connectivity index is 1.09. The van der Waals surface area contributed by atoms with Gasteiger partial charge in [-0.25, -0.2) is 0 Å². The van der Waals surface area contributed by atoms with Gasteiger partial charge in [0.15, 0.2) is 6.23 Å². The average Bonchev–Trinajstić information content (AvgIpc) is 3.54. The number of likely N-dealkylation sites (tertiary alicyclic amines) is 2. The molecular formula is C26H51N7O2+2. The summed E-state index contributed by atoms with van der Waals surface area (Å²) in [6, 6.07) is 1.35. The highest BCUT2D eigenvalue weighted by molar-refractivity contribution is 5.76. The Morgan fingerprint density at radius 3 is 2.60 bits per heavy atom. The van der Waals surface area contributed by atoms with Crippen molar-refractivity contribution in [2.45, 2.75) is 94.9 Å². The van der Waals surface area contributed by atoms with E-state index in [0.29, 0.717) is 18.1 Å². The number of hydroxylamine groups is 1. The van der Waals surface area contributed by atoms with Gasteiger partial charge in [0, 0.05) is 62.6 Å². The van der Waals surface area contributed by atoms with Crippen molar-refractivity contribution in [2.24, 2.45) is 23.5 Å². The molecule has 35 heavy (non-hydrogen) atoms. The van der Waals surface area contributed by atoms with E-state index in [9.17, 15) is 4.79 Å². The van der Waals surface area contributed by atoms with E-state index in [1.54, 1.807) is 4.90 Å². The maximum atomic E-state index is 11.5. The molecule has 1 saturated carbocycles. The monoisotopic (exact) mass is 493 g/mol. The first-order valence-electron chi connectivity index (χ1n) is 14.5. The van der Waals surface area contributed by atoms with Crippen LogP contribution in [0.25, 0.3) is 0 Å². The van der Waals surface area contributed by atoms with Crippen molar-refractivity contribution in [1.29, 1.82) is 0 Å². The summed E-state index contributed by atoms with van der Waals surface area (Å²) >= 11 is 0. The molecule has 0 radical (unpaired) electrons. The van der Waals surface area contributed by atoms with Gasteiger partial charge in [0.25, 0.3) is 0 Å². The number of carbonyl (C=O) groups excluding carboxylic acids is 1. The zero-order valence-electron chi connectivity index (χ0n) is 22.1. The fraction of sp³-hybridized carbons (Fsp3) is 0.962. The third kappa shape index (κ3) is 6.20. The molecule has 4 aliphatic heterocycles. The van der Waals surface area contributed by atoms with E-state index in [-0.39, 0.29) is 24.2 Å². The summed E-state index contributed by atoms with van der Waals surface area (Å²) < 4.78 is 0. The van der Waals surface area contributed by atoms with Crippen molar-refractivity contribution in [1.82, 2.24) is 20.6 Å². The summed E-state index contributed by atoms with van der Waals surface area (Å²) in [7, 11) is 4.47. The number of carbonyl (C=O) groups is 1. The summed E-state index contributed by atoms with van der Waals surface area (Å²) in [5.74, 6) is 1.40. The number of nitrogens with zero attached hydrogens (tertiary/aromatic N) is 2. The molecule has 1 amide bonds. The van der Waals surface area contributed by atoms with Crippen LogP contribution in [0.4, 0.5) is 0 Å². The van der Waals surface area contributed by atoms with Gasteiger partial charge in [-0.3, -0.25) is 19.8 Å². The summed E-state index contributed by atoms with van der Waals surface area (Å²) in [4.78, 5) is 24.5. The van der Waals surface area contributed by atoms with Gasteiger partial charge >= 0.3 is 0 Å². The van der Waals surface area contributed by atoms with Gasteiger partial charge in [0.05, 0.1) is 25.8 Å². The molecule has 0 aromatic carbocycles. The van der Waals surface area contributed by atoms with Gasteiger partial charge in [0.1, 0.15) is 12.2 Å². The van der Waals surface area contributed by atoms with E-state index in [1.165, 1.54) is 64.5 Å². The third-order valence-electron chi connectivity index (χ3n) is 10.1. The molecule has 5 fully saturated rings. The van der Waals surface area contributed by atoms with E-state index in [0.717, 1.165) is 44.4 Å². The van der Waals surface area contributed by atoms with Crippen LogP contribution in [0.15, 0.2) is 0 Å². The lowest BCUT2D eigenvalue weighted by atomic mass is 9.85. The van der Waals surface area contributed by atoms with Crippen LogP contribution in [0.5, 0.6) is 0 Å². The van der Waals surface area contributed by atoms with Crippen LogP contribution < -0.4 is 26.7 Å². The van der Waals surface area contributed by atoms with Gasteiger partial charge < -0.3 is 20.9 Å². The van der Waals surface area contributed by atoms with Crippen molar-refractivity contribution in [3.05, 3.63) is 0 Å². The van der Waals surface area contributed by atoms with Gasteiger partial charge in [-0.2, -0.15) is 5.48 Å². The van der Waals surface area contributed by atoms with Gasteiger partial charge in [-0.1, -0.05) is 0 Å². The van der Waals surface area contributed by atoms with Crippen LogP contribution in [-0.2, 0) is 9.63 Å². The van der Waals surface area contributed by atoms with Crippen molar-refractivity contribution in [3.63, 3.8) is 0 Å². The lowest BCUT2D eigenvalue weighted by Gasteiger charge is -2.39. The molecule has 5 rings (SSSR count). The Kier molecular flexibility index (Phi) is 8.64. The molecule has 0 spiro atoms. The topological polar surface area (TPSA) is 104 Å². The minimum atomic E-state index is -0.123. The first-order chi connectivity index (χ1) is 17.0. The van der Waals surface area contributed by atoms with Gasteiger partial charge in [-0.15, -0.1) is 0 Å². The molecular weight excluding hydrogens is 442 g/mol. The first kappa shape index (κ1) is 25.8. The second-order valence-corrected chi connectivity index (χ2v) is 12.4. The van der Waals surface area contributed by atoms with E-state index < -0.39 is 0 Å². The number of amides is 1. The molecule has 5 unspecified atom stereocenters. The maximum absolute atomic E-state index is 11.5. The van der Waals surface area contributed by atoms with Crippen LogP contribution in [0.3, 0.4) is 0 Å². The average molecular weight is 494 g/mol. The van der Waals surface area contributed by atoms with E-state index >= 15 is 0 Å². The Labute approximate surface area is 211 Å². The SMILES string of the molecule is CN(C)C1CCC(C[NH+]2CCC[C@H]2C2NC(C3CC[NH2+]C(N4CCC(C(N)=O)CC4)C3)NO2)CC1. The molecule has 6 atom stereocenters. The number of hydrogen-bond acceptors (Lipinski definition) is 6. The molecule has 4 heterocycles. The smallest absolute Gasteiger partial charge is 0.220 e. The van der Waals surface area contributed by atoms with E-state index in [2.05, 4.69) is 40.0 Å². The van der Waals surface area contributed by atoms with Crippen LogP contribution >= 0.6 is 0 Å². The number of piperidine rings is 2. The quantitative estimate of drug-likeness (QED) is 0.294. The normalized spacial score (nSPS) is 42.0. The second kappa shape index (κ2) is 11.7. The molecule has 0 aromatic heterocycles. The summed E-state index contributed by atoms with van der Waals surface area (Å²) in [6.45, 7) is 5.75. The summed E-state index contributed by atoms with van der Waals surface area (Å²) in [5, 5.41) is 6.39. The molecule has 200 valence electrons. The van der Waals surface area contributed by atoms with Gasteiger partial charge in [-0.05, 0) is 52.6 Å². The fourth-order valence-corrected chi connectivity index (χ4v) is 7.76. The highest BCUT2D eigenvalue weighted by Gasteiger charge is 2.45. The molecule has 9 nitrogen and oxygen atoms in total. The Bertz CT molecular complexity index is 693. The minimum Gasteiger partial charge on any atom is -0.369 e. The van der Waals surface area contributed by atoms with E-state index in [1.807, 2.05) is 0 Å². The molecule has 0 bridgehead atoms. The standard InChI is InChI=1S/C26H49N7O2/c1-31(2)21-7-5-18(6-8-21)17-33-13-3-4-22(33)26-29-25(30-35-26)20-9-12-28-23(16-20)32-14-10-19(11-15-32)24(27)34/h18-23,25-26,28-30H,3-17H2,1-2H3,(H2,27,34)/p+2/t18?,20?,21?,22-,23?,25?,26?/m0/s1. The van der Waals surface area contributed by atoms with Crippen molar-refractivity contribution >= 4 is 5.91 Å². The third-order valence-corrected chi connectivity index (χ3v) is 10.1. The summed E-state index contributed by atoms with van der Waals surface area (Å²) in [6.07, 6.45) is 13.2. The van der Waals surface area contributed by atoms with E-state index in [4.69, 9.17) is 10.6 Å². The fourth-order valence-electron chi connectivity index (χ4n) is 7.76. The lowest BCUT2D eigenvalue weighted by molar-refractivity contribution is -0.919. The predicted molar refractivity (Wildman–Crippen MR) is 135 cm³/mol. The molecule has 7 N–H and O–H groups in total. The second-order valence-electron chi connectivity index (χ2n) is 12.4. The predicted octanol–water partition coefficient (Wildman–Crippen LogP) is -1.57. The van der Waals surface area contributed by atoms with Gasteiger partial charge in [0.2, 0.25) is 5.91 Å². The highest BCUT2D eigenvalue weighted by Crippen LogP contribution is 2.27. The van der Waals surface area contributed by atoms with Crippen molar-refractivity contribution in [2.75, 3.05) is 46.8 Å². The Morgan fingerprint density at radius 2 is 1.89 bits per heavy atom. The van der Waals surface area contributed by atoms with Crippen LogP contribution in [0.1, 0.15) is 64.2 Å². The number of rotatable bonds is 7. The number of hydrogen-bond donors (Lipinski definition) is 5. The Morgan fingerprint density at radius 1 is 1.11 bits per heavy atom. The molecule has 1 aliphatic carbocycles. The van der Waals surface area contributed by atoms with Crippen molar-refractivity contribution < 1.29 is 19.8 Å². The number of quaternary nitrogens is 2. The molecule has 9 heteroatoms. The zero-order chi connectivity index (χ0) is 24.4. The largest absolute Gasteiger partial charge is 0.369 e. The highest BCUT2D eigenvalue weighted by atomic mass is 16.7. The zero-order valence-corrected chi connectivity index (χ0v) is 22.1.